The molecule has 0 bridgehead atoms. The van der Waals surface area contributed by atoms with Gasteiger partial charge in [-0.25, -0.2) is 0 Å². The van der Waals surface area contributed by atoms with Crippen molar-refractivity contribution < 1.29 is 14.9 Å². The summed E-state index contributed by atoms with van der Waals surface area (Å²) < 4.78 is 6.33. The molecule has 9 atom stereocenters. The van der Waals surface area contributed by atoms with Crippen molar-refractivity contribution in [2.24, 2.45) is 34.5 Å². The summed E-state index contributed by atoms with van der Waals surface area (Å²) in [5.74, 6) is 2.76. The molecule has 3 saturated carbocycles. The van der Waals surface area contributed by atoms with Gasteiger partial charge >= 0.3 is 0 Å². The number of fused-ring (bicyclic) bond motifs is 3. The van der Waals surface area contributed by atoms with Crippen molar-refractivity contribution in [3.05, 3.63) is 11.1 Å². The minimum Gasteiger partial charge on any atom is -0.393 e. The molecule has 5 rings (SSSR count). The van der Waals surface area contributed by atoms with Crippen molar-refractivity contribution in [2.75, 3.05) is 0 Å². The molecule has 3 heteroatoms. The third kappa shape index (κ3) is 2.80. The van der Waals surface area contributed by atoms with E-state index in [1.54, 1.807) is 5.57 Å². The first kappa shape index (κ1) is 21.5. The Balaban J connectivity index is 1.44. The molecule has 0 aromatic rings. The average molecular weight is 417 g/mol. The summed E-state index contributed by atoms with van der Waals surface area (Å²) in [7, 11) is 0. The van der Waals surface area contributed by atoms with Crippen LogP contribution in [0.15, 0.2) is 11.1 Å². The molecule has 4 fully saturated rings. The molecule has 3 nitrogen and oxygen atoms in total. The van der Waals surface area contributed by atoms with Gasteiger partial charge in [-0.1, -0.05) is 59.5 Å². The van der Waals surface area contributed by atoms with Crippen LogP contribution in [0.2, 0.25) is 0 Å². The number of rotatable bonds is 5. The third-order valence-corrected chi connectivity index (χ3v) is 10.6. The highest BCUT2D eigenvalue weighted by Gasteiger charge is 2.77. The largest absolute Gasteiger partial charge is 0.393 e. The highest BCUT2D eigenvalue weighted by Crippen LogP contribution is 2.72. The van der Waals surface area contributed by atoms with Crippen molar-refractivity contribution >= 4 is 0 Å². The Bertz CT molecular complexity index is 728. The summed E-state index contributed by atoms with van der Waals surface area (Å²) in [6.45, 7) is 12.1. The van der Waals surface area contributed by atoms with Crippen LogP contribution in [0.3, 0.4) is 0 Å². The summed E-state index contributed by atoms with van der Waals surface area (Å²) >= 11 is 0. The molecular weight excluding hydrogens is 372 g/mol. The van der Waals surface area contributed by atoms with Gasteiger partial charge in [-0.3, -0.25) is 0 Å². The molecule has 1 aliphatic heterocycles. The lowest BCUT2D eigenvalue weighted by atomic mass is 9.48. The summed E-state index contributed by atoms with van der Waals surface area (Å²) in [6.07, 6.45) is 10.8. The first-order valence-electron chi connectivity index (χ1n) is 12.9. The molecule has 30 heavy (non-hydrogen) atoms. The van der Waals surface area contributed by atoms with Crippen LogP contribution in [-0.4, -0.2) is 34.1 Å². The monoisotopic (exact) mass is 416 g/mol. The van der Waals surface area contributed by atoms with E-state index in [2.05, 4.69) is 34.6 Å². The Kier molecular flexibility index (Phi) is 5.05. The predicted molar refractivity (Wildman–Crippen MR) is 120 cm³/mol. The number of hydrogen-bond acceptors (Lipinski definition) is 3. The van der Waals surface area contributed by atoms with Crippen molar-refractivity contribution in [1.82, 2.24) is 0 Å². The zero-order valence-corrected chi connectivity index (χ0v) is 19.9. The zero-order chi connectivity index (χ0) is 21.5. The summed E-state index contributed by atoms with van der Waals surface area (Å²) in [4.78, 5) is 0. The van der Waals surface area contributed by atoms with Crippen LogP contribution in [0.1, 0.15) is 98.8 Å². The van der Waals surface area contributed by atoms with Crippen LogP contribution < -0.4 is 0 Å². The van der Waals surface area contributed by atoms with Crippen LogP contribution in [0.25, 0.3) is 0 Å². The van der Waals surface area contributed by atoms with Crippen LogP contribution in [-0.2, 0) is 4.74 Å². The maximum Gasteiger partial charge on any atom is 0.118 e. The third-order valence-electron chi connectivity index (χ3n) is 10.6. The Morgan fingerprint density at radius 2 is 1.80 bits per heavy atom. The maximum atomic E-state index is 11.5. The van der Waals surface area contributed by atoms with Gasteiger partial charge in [-0.15, -0.1) is 0 Å². The summed E-state index contributed by atoms with van der Waals surface area (Å²) in [6, 6.07) is 0. The van der Waals surface area contributed by atoms with E-state index in [0.717, 1.165) is 37.0 Å². The second-order valence-corrected chi connectivity index (χ2v) is 12.6. The Morgan fingerprint density at radius 1 is 1.03 bits per heavy atom. The van der Waals surface area contributed by atoms with Crippen molar-refractivity contribution in [3.8, 4) is 0 Å². The molecule has 5 aliphatic rings. The van der Waals surface area contributed by atoms with E-state index < -0.39 is 6.10 Å². The lowest BCUT2D eigenvalue weighted by Crippen LogP contribution is -2.57. The minimum absolute atomic E-state index is 0.0823. The van der Waals surface area contributed by atoms with E-state index in [1.807, 2.05) is 0 Å². The highest BCUT2D eigenvalue weighted by atomic mass is 16.6. The van der Waals surface area contributed by atoms with Crippen LogP contribution in [0.4, 0.5) is 0 Å². The Labute approximate surface area is 183 Å². The lowest BCUT2D eigenvalue weighted by molar-refractivity contribution is -0.0516. The molecule has 0 aromatic carbocycles. The number of aliphatic hydroxyl groups is 2. The molecule has 170 valence electrons. The van der Waals surface area contributed by atoms with Crippen molar-refractivity contribution in [3.63, 3.8) is 0 Å². The predicted octanol–water partition coefficient (Wildman–Crippen LogP) is 5.63. The first-order valence-corrected chi connectivity index (χ1v) is 12.9. The topological polar surface area (TPSA) is 53.0 Å². The minimum atomic E-state index is -0.446. The second-order valence-electron chi connectivity index (χ2n) is 12.6. The van der Waals surface area contributed by atoms with Gasteiger partial charge in [0.15, 0.2) is 0 Å². The fourth-order valence-corrected chi connectivity index (χ4v) is 8.89. The van der Waals surface area contributed by atoms with E-state index in [0.29, 0.717) is 5.92 Å². The van der Waals surface area contributed by atoms with Gasteiger partial charge in [-0.2, -0.15) is 0 Å². The molecule has 0 unspecified atom stereocenters. The number of hydrogen-bond donors (Lipinski definition) is 2. The normalized spacial score (nSPS) is 50.6. The molecule has 2 N–H and O–H groups in total. The van der Waals surface area contributed by atoms with Crippen molar-refractivity contribution in [2.45, 2.75) is 123 Å². The molecule has 0 radical (unpaired) electrons. The SMILES string of the molecule is CC(C)CCC[C@@H](C)[C@H]1CCC2=C3[C@@H](O)[C@@H]4O[C@@]45C[C@@H](O)CC[C@]5(C)[C@H]3CC[C@@]21C. The van der Waals surface area contributed by atoms with Gasteiger partial charge in [0.25, 0.3) is 0 Å². The molecular formula is C27H44O3. The number of aliphatic hydroxyl groups excluding tert-OH is 2. The molecule has 1 heterocycles. The molecule has 0 amide bonds. The molecule has 1 spiro atoms. The maximum absolute atomic E-state index is 11.5. The van der Waals surface area contributed by atoms with Gasteiger partial charge in [0.1, 0.15) is 17.8 Å². The number of allylic oxidation sites excluding steroid dienone is 1. The van der Waals surface area contributed by atoms with E-state index in [-0.39, 0.29) is 28.6 Å². The fourth-order valence-electron chi connectivity index (χ4n) is 8.89. The lowest BCUT2D eigenvalue weighted by Gasteiger charge is -2.56. The van der Waals surface area contributed by atoms with Gasteiger partial charge in [0, 0.05) is 11.8 Å². The summed E-state index contributed by atoms with van der Waals surface area (Å²) in [5.41, 5.74) is 3.08. The van der Waals surface area contributed by atoms with Crippen LogP contribution >= 0.6 is 0 Å². The van der Waals surface area contributed by atoms with Crippen molar-refractivity contribution in [1.29, 1.82) is 0 Å². The summed E-state index contributed by atoms with van der Waals surface area (Å²) in [5, 5.41) is 21.8. The van der Waals surface area contributed by atoms with Crippen LogP contribution in [0, 0.1) is 34.5 Å². The molecule has 1 saturated heterocycles. The number of epoxide rings is 1. The molecule has 0 aromatic heterocycles. The quantitative estimate of drug-likeness (QED) is 0.451. The highest BCUT2D eigenvalue weighted by molar-refractivity contribution is 5.43. The smallest absolute Gasteiger partial charge is 0.118 e. The van der Waals surface area contributed by atoms with Gasteiger partial charge in [0.2, 0.25) is 0 Å². The average Bonchev–Trinajstić information content (AvgIpc) is 3.29. The molecule has 4 aliphatic carbocycles. The van der Waals surface area contributed by atoms with Crippen LogP contribution in [0.5, 0.6) is 0 Å². The Morgan fingerprint density at radius 3 is 2.53 bits per heavy atom. The van der Waals surface area contributed by atoms with E-state index in [4.69, 9.17) is 4.74 Å². The standard InChI is InChI=1S/C27H44O3/c1-16(2)7-6-8-17(3)19-9-10-20-22-21(12-13-25(19,20)4)26(5)14-11-18(28)15-27(26)24(30-27)23(22)29/h16-19,21,23-24,28-29H,6-15H2,1-5H3/t17-,18+,19-,21+,23-,24+,25-,26-,27+/m1/s1. The first-order chi connectivity index (χ1) is 14.1. The van der Waals surface area contributed by atoms with E-state index in [1.165, 1.54) is 50.5 Å². The Hall–Kier alpha value is -0.380. The number of ether oxygens (including phenoxy) is 1. The van der Waals surface area contributed by atoms with E-state index in [9.17, 15) is 10.2 Å². The van der Waals surface area contributed by atoms with Gasteiger partial charge < -0.3 is 14.9 Å². The zero-order valence-electron chi connectivity index (χ0n) is 19.9. The van der Waals surface area contributed by atoms with Gasteiger partial charge in [0.05, 0.1) is 6.10 Å². The van der Waals surface area contributed by atoms with E-state index >= 15 is 0 Å². The van der Waals surface area contributed by atoms with Gasteiger partial charge in [-0.05, 0) is 73.2 Å². The second kappa shape index (κ2) is 7.06. The fraction of sp³-hybridized carbons (Fsp3) is 0.926.